The van der Waals surface area contributed by atoms with E-state index in [-0.39, 0.29) is 0 Å². The Balaban J connectivity index is 2.13. The highest BCUT2D eigenvalue weighted by molar-refractivity contribution is 7.99. The fourth-order valence-electron chi connectivity index (χ4n) is 3.33. The van der Waals surface area contributed by atoms with Crippen LogP contribution in [0.2, 0.25) is 0 Å². The molecular weight excluding hydrogens is 424 g/mol. The zero-order valence-electron chi connectivity index (χ0n) is 18.9. The summed E-state index contributed by atoms with van der Waals surface area (Å²) >= 11 is 1.64. The maximum absolute atomic E-state index is 11.8. The van der Waals surface area contributed by atoms with Crippen molar-refractivity contribution in [1.82, 2.24) is 0 Å². The van der Waals surface area contributed by atoms with Crippen LogP contribution in [0.15, 0.2) is 58.3 Å². The Morgan fingerprint density at radius 3 is 2.31 bits per heavy atom. The van der Waals surface area contributed by atoms with Gasteiger partial charge in [-0.25, -0.2) is 0 Å². The lowest BCUT2D eigenvalue weighted by molar-refractivity contribution is -0.133. The van der Waals surface area contributed by atoms with Gasteiger partial charge in [-0.1, -0.05) is 50.2 Å². The predicted octanol–water partition coefficient (Wildman–Crippen LogP) is 6.58. The zero-order valence-corrected chi connectivity index (χ0v) is 19.7. The summed E-state index contributed by atoms with van der Waals surface area (Å²) < 4.78 is 16.9. The second-order valence-corrected chi connectivity index (χ2v) is 8.48. The van der Waals surface area contributed by atoms with E-state index < -0.39 is 11.9 Å². The van der Waals surface area contributed by atoms with E-state index in [0.29, 0.717) is 34.6 Å². The first-order chi connectivity index (χ1) is 15.4. The van der Waals surface area contributed by atoms with Gasteiger partial charge in [0.25, 0.3) is 0 Å². The van der Waals surface area contributed by atoms with Crippen molar-refractivity contribution in [2.24, 2.45) is 0 Å². The molecule has 6 heteroatoms. The molecule has 0 fully saturated rings. The summed E-state index contributed by atoms with van der Waals surface area (Å²) in [6.45, 7) is 7.38. The van der Waals surface area contributed by atoms with Crippen LogP contribution in [0.3, 0.4) is 0 Å². The Hall–Kier alpha value is -2.99. The van der Waals surface area contributed by atoms with Gasteiger partial charge in [0.15, 0.2) is 11.5 Å². The van der Waals surface area contributed by atoms with Gasteiger partial charge in [-0.3, -0.25) is 9.59 Å². The van der Waals surface area contributed by atoms with Crippen LogP contribution in [0.1, 0.15) is 46.1 Å². The minimum atomic E-state index is -0.442. The van der Waals surface area contributed by atoms with Crippen molar-refractivity contribution in [2.75, 3.05) is 6.61 Å². The second-order valence-electron chi connectivity index (χ2n) is 7.36. The van der Waals surface area contributed by atoms with Crippen molar-refractivity contribution in [3.63, 3.8) is 0 Å². The molecule has 0 aliphatic rings. The third kappa shape index (κ3) is 5.82. The van der Waals surface area contributed by atoms with Gasteiger partial charge in [0, 0.05) is 40.5 Å². The minimum Gasteiger partial charge on any atom is -0.490 e. The Morgan fingerprint density at radius 2 is 1.62 bits per heavy atom. The highest BCUT2D eigenvalue weighted by Crippen LogP contribution is 2.44. The molecule has 5 nitrogen and oxygen atoms in total. The highest BCUT2D eigenvalue weighted by Gasteiger charge is 2.19. The fourth-order valence-corrected chi connectivity index (χ4v) is 4.39. The first kappa shape index (κ1) is 23.7. The van der Waals surface area contributed by atoms with Crippen LogP contribution in [0, 0.1) is 0 Å². The predicted molar refractivity (Wildman–Crippen MR) is 127 cm³/mol. The molecular formula is C26H28O5S. The molecule has 0 saturated carbocycles. The summed E-state index contributed by atoms with van der Waals surface area (Å²) in [5.41, 5.74) is 1.26. The number of aryl methyl sites for hydroxylation is 1. The van der Waals surface area contributed by atoms with Gasteiger partial charge >= 0.3 is 11.9 Å². The molecule has 3 aromatic rings. The number of carbonyl (C=O) groups is 2. The molecule has 3 rings (SSSR count). The summed E-state index contributed by atoms with van der Waals surface area (Å²) in [6, 6.07) is 15.7. The largest absolute Gasteiger partial charge is 0.490 e. The van der Waals surface area contributed by atoms with E-state index in [1.54, 1.807) is 17.8 Å². The summed E-state index contributed by atoms with van der Waals surface area (Å²) in [5.74, 6) is 0.225. The molecule has 0 radical (unpaired) electrons. The molecule has 0 amide bonds. The number of esters is 2. The normalized spacial score (nSPS) is 10.8. The molecule has 0 aliphatic carbocycles. The van der Waals surface area contributed by atoms with Gasteiger partial charge in [-0.05, 0) is 42.7 Å². The second kappa shape index (κ2) is 11.0. The number of fused-ring (bicyclic) bond motifs is 1. The average Bonchev–Trinajstić information content (AvgIpc) is 2.76. The smallest absolute Gasteiger partial charge is 0.308 e. The molecule has 3 aromatic carbocycles. The molecule has 0 saturated heterocycles. The molecule has 0 aliphatic heterocycles. The van der Waals surface area contributed by atoms with E-state index >= 15 is 0 Å². The Morgan fingerprint density at radius 1 is 0.875 bits per heavy atom. The van der Waals surface area contributed by atoms with Crippen LogP contribution in [-0.2, 0) is 16.0 Å². The molecule has 0 spiro atoms. The van der Waals surface area contributed by atoms with Gasteiger partial charge in [0.2, 0.25) is 0 Å². The Bertz CT molecular complexity index is 1120. The SMILES string of the molecule is CCCCOc1cc(OC(C)=O)c2cc(Sc3ccccc3CC)ccc2c1OC(C)=O. The number of hydrogen-bond acceptors (Lipinski definition) is 6. The van der Waals surface area contributed by atoms with Crippen molar-refractivity contribution in [2.45, 2.75) is 56.7 Å². The van der Waals surface area contributed by atoms with Crippen molar-refractivity contribution in [3.05, 3.63) is 54.1 Å². The van der Waals surface area contributed by atoms with Gasteiger partial charge in [0.05, 0.1) is 6.61 Å². The summed E-state index contributed by atoms with van der Waals surface area (Å²) in [5, 5.41) is 1.33. The van der Waals surface area contributed by atoms with Crippen LogP contribution in [-0.4, -0.2) is 18.5 Å². The molecule has 0 atom stereocenters. The molecule has 0 aromatic heterocycles. The third-order valence-corrected chi connectivity index (χ3v) is 5.93. The van der Waals surface area contributed by atoms with Crippen LogP contribution in [0.25, 0.3) is 10.8 Å². The third-order valence-electron chi connectivity index (χ3n) is 4.82. The maximum Gasteiger partial charge on any atom is 0.308 e. The monoisotopic (exact) mass is 452 g/mol. The van der Waals surface area contributed by atoms with Gasteiger partial charge in [-0.2, -0.15) is 0 Å². The highest BCUT2D eigenvalue weighted by atomic mass is 32.2. The van der Waals surface area contributed by atoms with Gasteiger partial charge in [-0.15, -0.1) is 0 Å². The number of hydrogen-bond donors (Lipinski definition) is 0. The lowest BCUT2D eigenvalue weighted by Gasteiger charge is -2.17. The number of rotatable bonds is 9. The maximum atomic E-state index is 11.8. The number of carbonyl (C=O) groups excluding carboxylic acids is 2. The first-order valence-corrected chi connectivity index (χ1v) is 11.6. The van der Waals surface area contributed by atoms with Gasteiger partial charge in [0.1, 0.15) is 5.75 Å². The number of unbranched alkanes of at least 4 members (excludes halogenated alkanes) is 1. The lowest BCUT2D eigenvalue weighted by atomic mass is 10.1. The van der Waals surface area contributed by atoms with Crippen molar-refractivity contribution in [3.8, 4) is 17.2 Å². The average molecular weight is 453 g/mol. The number of benzene rings is 3. The van der Waals surface area contributed by atoms with E-state index in [1.165, 1.54) is 24.3 Å². The van der Waals surface area contributed by atoms with Crippen LogP contribution in [0.4, 0.5) is 0 Å². The quantitative estimate of drug-likeness (QED) is 0.207. The van der Waals surface area contributed by atoms with Crippen LogP contribution >= 0.6 is 11.8 Å². The zero-order chi connectivity index (χ0) is 23.1. The summed E-state index contributed by atoms with van der Waals surface area (Å²) in [4.78, 5) is 25.8. The van der Waals surface area contributed by atoms with Crippen molar-refractivity contribution in [1.29, 1.82) is 0 Å². The fraction of sp³-hybridized carbons (Fsp3) is 0.308. The van der Waals surface area contributed by atoms with E-state index in [9.17, 15) is 9.59 Å². The standard InChI is InChI=1S/C26H28O5S/c1-5-7-14-29-24-16-23(30-17(3)27)22-15-20(12-13-21(22)26(24)31-18(4)28)32-25-11-9-8-10-19(25)6-2/h8-13,15-16H,5-7,14H2,1-4H3. The van der Waals surface area contributed by atoms with E-state index in [0.717, 1.165) is 24.2 Å². The summed E-state index contributed by atoms with van der Waals surface area (Å²) in [6.07, 6.45) is 2.75. The van der Waals surface area contributed by atoms with E-state index in [1.807, 2.05) is 30.3 Å². The minimum absolute atomic E-state index is 0.338. The first-order valence-electron chi connectivity index (χ1n) is 10.8. The molecule has 0 N–H and O–H groups in total. The van der Waals surface area contributed by atoms with Crippen LogP contribution in [0.5, 0.6) is 17.2 Å². The Kier molecular flexibility index (Phi) is 8.17. The van der Waals surface area contributed by atoms with E-state index in [4.69, 9.17) is 14.2 Å². The topological polar surface area (TPSA) is 61.8 Å². The van der Waals surface area contributed by atoms with Crippen molar-refractivity contribution >= 4 is 34.5 Å². The Labute approximate surface area is 193 Å². The lowest BCUT2D eigenvalue weighted by Crippen LogP contribution is -2.08. The summed E-state index contributed by atoms with van der Waals surface area (Å²) in [7, 11) is 0. The molecule has 0 bridgehead atoms. The molecule has 0 unspecified atom stereocenters. The number of ether oxygens (including phenoxy) is 3. The van der Waals surface area contributed by atoms with Gasteiger partial charge < -0.3 is 14.2 Å². The molecule has 32 heavy (non-hydrogen) atoms. The van der Waals surface area contributed by atoms with Crippen LogP contribution < -0.4 is 14.2 Å². The van der Waals surface area contributed by atoms with Crippen molar-refractivity contribution < 1.29 is 23.8 Å². The van der Waals surface area contributed by atoms with E-state index in [2.05, 4.69) is 26.0 Å². The molecule has 0 heterocycles. The molecule has 168 valence electrons.